The van der Waals surface area contributed by atoms with Crippen LogP contribution in [0, 0.1) is 5.92 Å². The molecule has 0 saturated carbocycles. The van der Waals surface area contributed by atoms with Crippen molar-refractivity contribution in [3.63, 3.8) is 0 Å². The number of aryl methyl sites for hydroxylation is 1. The van der Waals surface area contributed by atoms with Gasteiger partial charge in [-0.3, -0.25) is 10.2 Å². The standard InChI is InChI=1S/C18H31N5OS/c1-13-5-6-14-15(11-13)25-17(20-14)21-16(24)19-12-18(2,3)23-9-7-22(4)8-10-23/h13H,5-12H2,1-4H3,(H2,19,20,21,24). The smallest absolute Gasteiger partial charge is 0.321 e. The van der Waals surface area contributed by atoms with Gasteiger partial charge in [0.15, 0.2) is 5.13 Å². The quantitative estimate of drug-likeness (QED) is 0.860. The lowest BCUT2D eigenvalue weighted by Gasteiger charge is -2.43. The molecule has 2 heterocycles. The Morgan fingerprint density at radius 1 is 1.32 bits per heavy atom. The molecule has 2 N–H and O–H groups in total. The Kier molecular flexibility index (Phi) is 5.65. The van der Waals surface area contributed by atoms with Gasteiger partial charge < -0.3 is 10.2 Å². The number of thiazole rings is 1. The van der Waals surface area contributed by atoms with Crippen molar-refractivity contribution in [3.8, 4) is 0 Å². The second-order valence-corrected chi connectivity index (χ2v) is 9.23. The zero-order valence-corrected chi connectivity index (χ0v) is 16.7. The first-order valence-electron chi connectivity index (χ1n) is 9.30. The van der Waals surface area contributed by atoms with Gasteiger partial charge >= 0.3 is 6.03 Å². The highest BCUT2D eigenvalue weighted by molar-refractivity contribution is 7.15. The van der Waals surface area contributed by atoms with Crippen LogP contribution in [-0.4, -0.2) is 66.1 Å². The van der Waals surface area contributed by atoms with Gasteiger partial charge in [-0.1, -0.05) is 6.92 Å². The second kappa shape index (κ2) is 7.60. The number of aromatic nitrogens is 1. The van der Waals surface area contributed by atoms with E-state index in [0.717, 1.165) is 50.1 Å². The van der Waals surface area contributed by atoms with Crippen LogP contribution in [0.15, 0.2) is 0 Å². The van der Waals surface area contributed by atoms with Crippen molar-refractivity contribution in [1.82, 2.24) is 20.1 Å². The van der Waals surface area contributed by atoms with E-state index in [1.165, 1.54) is 17.0 Å². The Hall–Kier alpha value is -1.18. The predicted octanol–water partition coefficient (Wildman–Crippen LogP) is 2.42. The lowest BCUT2D eigenvalue weighted by molar-refractivity contribution is 0.0636. The van der Waals surface area contributed by atoms with Crippen LogP contribution in [0.3, 0.4) is 0 Å². The number of nitrogens with one attached hydrogen (secondary N) is 2. The van der Waals surface area contributed by atoms with Gasteiger partial charge in [0.25, 0.3) is 0 Å². The van der Waals surface area contributed by atoms with E-state index < -0.39 is 0 Å². The van der Waals surface area contributed by atoms with Crippen molar-refractivity contribution >= 4 is 22.5 Å². The summed E-state index contributed by atoms with van der Waals surface area (Å²) >= 11 is 1.63. The third-order valence-electron chi connectivity index (χ3n) is 5.45. The number of anilines is 1. The predicted molar refractivity (Wildman–Crippen MR) is 103 cm³/mol. The summed E-state index contributed by atoms with van der Waals surface area (Å²) < 4.78 is 0. The molecule has 1 unspecified atom stereocenters. The Morgan fingerprint density at radius 2 is 2.04 bits per heavy atom. The van der Waals surface area contributed by atoms with Gasteiger partial charge in [-0.2, -0.15) is 0 Å². The van der Waals surface area contributed by atoms with E-state index in [9.17, 15) is 4.79 Å². The van der Waals surface area contributed by atoms with Crippen molar-refractivity contribution in [2.75, 3.05) is 45.1 Å². The minimum absolute atomic E-state index is 0.0455. The summed E-state index contributed by atoms with van der Waals surface area (Å²) in [6.45, 7) is 11.6. The van der Waals surface area contributed by atoms with Crippen molar-refractivity contribution in [2.45, 2.75) is 45.6 Å². The molecule has 1 aliphatic heterocycles. The molecule has 2 aliphatic rings. The first-order valence-corrected chi connectivity index (χ1v) is 10.1. The van der Waals surface area contributed by atoms with Crippen LogP contribution >= 0.6 is 11.3 Å². The summed E-state index contributed by atoms with van der Waals surface area (Å²) in [7, 11) is 2.16. The average Bonchev–Trinajstić information content (AvgIpc) is 2.94. The molecule has 1 aromatic rings. The van der Waals surface area contributed by atoms with Crippen LogP contribution in [0.2, 0.25) is 0 Å². The van der Waals surface area contributed by atoms with Gasteiger partial charge in [0.1, 0.15) is 0 Å². The number of fused-ring (bicyclic) bond motifs is 1. The molecule has 1 saturated heterocycles. The average molecular weight is 366 g/mol. The number of piperazine rings is 1. The highest BCUT2D eigenvalue weighted by Gasteiger charge is 2.29. The van der Waals surface area contributed by atoms with Crippen LogP contribution in [0.1, 0.15) is 37.8 Å². The van der Waals surface area contributed by atoms with E-state index in [-0.39, 0.29) is 11.6 Å². The van der Waals surface area contributed by atoms with Gasteiger partial charge in [0, 0.05) is 43.1 Å². The molecule has 140 valence electrons. The molecule has 0 radical (unpaired) electrons. The van der Waals surface area contributed by atoms with Gasteiger partial charge in [-0.15, -0.1) is 11.3 Å². The lowest BCUT2D eigenvalue weighted by atomic mass is 9.93. The fraction of sp³-hybridized carbons (Fsp3) is 0.778. The first-order chi connectivity index (χ1) is 11.8. The second-order valence-electron chi connectivity index (χ2n) is 8.15. The Labute approximate surface area is 155 Å². The van der Waals surface area contributed by atoms with Crippen LogP contribution in [-0.2, 0) is 12.8 Å². The van der Waals surface area contributed by atoms with E-state index in [0.29, 0.717) is 6.54 Å². The van der Waals surface area contributed by atoms with Crippen LogP contribution < -0.4 is 10.6 Å². The number of carbonyl (C=O) groups excluding carboxylic acids is 1. The molecule has 3 rings (SSSR count). The van der Waals surface area contributed by atoms with Crippen LogP contribution in [0.5, 0.6) is 0 Å². The Balaban J connectivity index is 1.49. The molecule has 0 aromatic carbocycles. The molecular formula is C18H31N5OS. The SMILES string of the molecule is CC1CCc2nc(NC(=O)NCC(C)(C)N3CCN(C)CC3)sc2C1. The maximum Gasteiger partial charge on any atom is 0.321 e. The minimum Gasteiger partial charge on any atom is -0.336 e. The number of rotatable bonds is 4. The molecule has 1 atom stereocenters. The number of likely N-dealkylation sites (N-methyl/N-ethyl adjacent to an activating group) is 1. The largest absolute Gasteiger partial charge is 0.336 e. The summed E-state index contributed by atoms with van der Waals surface area (Å²) in [6, 6.07) is -0.152. The van der Waals surface area contributed by atoms with Crippen LogP contribution in [0.25, 0.3) is 0 Å². The number of hydrogen-bond acceptors (Lipinski definition) is 5. The van der Waals surface area contributed by atoms with E-state index in [1.54, 1.807) is 11.3 Å². The first kappa shape index (κ1) is 18.6. The fourth-order valence-corrected chi connectivity index (χ4v) is 4.72. The molecule has 7 heteroatoms. The van der Waals surface area contributed by atoms with E-state index in [4.69, 9.17) is 0 Å². The molecule has 6 nitrogen and oxygen atoms in total. The number of carbonyl (C=O) groups is 1. The summed E-state index contributed by atoms with van der Waals surface area (Å²) in [5.74, 6) is 0.721. The fourth-order valence-electron chi connectivity index (χ4n) is 3.55. The van der Waals surface area contributed by atoms with Gasteiger partial charge in [-0.05, 0) is 46.1 Å². The molecule has 1 fully saturated rings. The lowest BCUT2D eigenvalue weighted by Crippen LogP contribution is -2.58. The number of amides is 2. The normalized spacial score (nSPS) is 22.5. The maximum atomic E-state index is 12.3. The van der Waals surface area contributed by atoms with Crippen molar-refractivity contribution in [3.05, 3.63) is 10.6 Å². The van der Waals surface area contributed by atoms with Gasteiger partial charge in [0.05, 0.1) is 5.69 Å². The summed E-state index contributed by atoms with van der Waals surface area (Å²) in [5.41, 5.74) is 1.13. The molecule has 1 aliphatic carbocycles. The van der Waals surface area contributed by atoms with E-state index >= 15 is 0 Å². The third-order valence-corrected chi connectivity index (χ3v) is 6.48. The molecule has 0 spiro atoms. The zero-order chi connectivity index (χ0) is 18.0. The number of hydrogen-bond donors (Lipinski definition) is 2. The maximum absolute atomic E-state index is 12.3. The summed E-state index contributed by atoms with van der Waals surface area (Å²) in [6.07, 6.45) is 3.32. The van der Waals surface area contributed by atoms with Crippen LogP contribution in [0.4, 0.5) is 9.93 Å². The monoisotopic (exact) mass is 365 g/mol. The van der Waals surface area contributed by atoms with Crippen molar-refractivity contribution < 1.29 is 4.79 Å². The zero-order valence-electron chi connectivity index (χ0n) is 15.9. The molecule has 1 aromatic heterocycles. The number of urea groups is 1. The van der Waals surface area contributed by atoms with E-state index in [2.05, 4.69) is 53.2 Å². The Morgan fingerprint density at radius 3 is 2.76 bits per heavy atom. The molecule has 2 amide bonds. The number of nitrogens with zero attached hydrogens (tertiary/aromatic N) is 3. The third kappa shape index (κ3) is 4.71. The minimum atomic E-state index is -0.152. The molecule has 25 heavy (non-hydrogen) atoms. The van der Waals surface area contributed by atoms with Crippen molar-refractivity contribution in [2.24, 2.45) is 5.92 Å². The molecular weight excluding hydrogens is 334 g/mol. The topological polar surface area (TPSA) is 60.5 Å². The Bertz CT molecular complexity index is 607. The van der Waals surface area contributed by atoms with Gasteiger partial charge in [-0.25, -0.2) is 9.78 Å². The van der Waals surface area contributed by atoms with Gasteiger partial charge in [0.2, 0.25) is 0 Å². The highest BCUT2D eigenvalue weighted by atomic mass is 32.1. The highest BCUT2D eigenvalue weighted by Crippen LogP contribution is 2.32. The summed E-state index contributed by atoms with van der Waals surface area (Å²) in [4.78, 5) is 23.0. The molecule has 0 bridgehead atoms. The summed E-state index contributed by atoms with van der Waals surface area (Å²) in [5, 5.41) is 6.69. The van der Waals surface area contributed by atoms with Crippen molar-refractivity contribution in [1.29, 1.82) is 0 Å². The van der Waals surface area contributed by atoms with E-state index in [1.807, 2.05) is 0 Å².